The van der Waals surface area contributed by atoms with Gasteiger partial charge in [-0.1, -0.05) is 18.2 Å². The second kappa shape index (κ2) is 6.92. The molecule has 4 aromatic rings. The molecule has 0 bridgehead atoms. The van der Waals surface area contributed by atoms with Crippen LogP contribution in [0.15, 0.2) is 79.6 Å². The molecule has 6 nitrogen and oxygen atoms in total. The van der Waals surface area contributed by atoms with E-state index in [9.17, 15) is 0 Å². The van der Waals surface area contributed by atoms with Crippen LogP contribution in [-0.4, -0.2) is 24.7 Å². The first-order chi connectivity index (χ1) is 12.4. The molecule has 0 aliphatic rings. The third-order valence-electron chi connectivity index (χ3n) is 3.82. The molecule has 0 aliphatic heterocycles. The number of nitrogens with zero attached hydrogens (tertiary/aromatic N) is 5. The van der Waals surface area contributed by atoms with Crippen LogP contribution in [0.3, 0.4) is 0 Å². The number of pyridine rings is 2. The number of hydrogen-bond acceptors (Lipinski definition) is 5. The van der Waals surface area contributed by atoms with Crippen LogP contribution >= 0.6 is 0 Å². The third-order valence-corrected chi connectivity index (χ3v) is 3.82. The monoisotopic (exact) mass is 328 g/mol. The summed E-state index contributed by atoms with van der Waals surface area (Å²) in [6.07, 6.45) is 6.82. The molecule has 0 amide bonds. The molecule has 1 aromatic carbocycles. The van der Waals surface area contributed by atoms with Crippen molar-refractivity contribution in [2.75, 3.05) is 5.32 Å². The van der Waals surface area contributed by atoms with Crippen molar-refractivity contribution in [2.45, 2.75) is 6.54 Å². The van der Waals surface area contributed by atoms with Gasteiger partial charge >= 0.3 is 0 Å². The van der Waals surface area contributed by atoms with Gasteiger partial charge in [-0.2, -0.15) is 5.10 Å². The Morgan fingerprint density at radius 2 is 1.84 bits per heavy atom. The number of benzene rings is 1. The van der Waals surface area contributed by atoms with Gasteiger partial charge < -0.3 is 5.32 Å². The maximum atomic E-state index is 4.45. The van der Waals surface area contributed by atoms with E-state index in [2.05, 4.69) is 37.5 Å². The van der Waals surface area contributed by atoms with Crippen LogP contribution in [0, 0.1) is 0 Å². The first-order valence-electron chi connectivity index (χ1n) is 7.94. The summed E-state index contributed by atoms with van der Waals surface area (Å²) in [5, 5.41) is 7.45. The SMILES string of the molecule is c1ccc(-c2ccc(NCc3ccc(-n4cncn4)cc3)nc2)nc1. The van der Waals surface area contributed by atoms with E-state index in [0.29, 0.717) is 6.54 Å². The summed E-state index contributed by atoms with van der Waals surface area (Å²) in [6.45, 7) is 0.702. The van der Waals surface area contributed by atoms with Gasteiger partial charge in [0.15, 0.2) is 0 Å². The molecule has 0 aliphatic carbocycles. The van der Waals surface area contributed by atoms with Gasteiger partial charge in [-0.25, -0.2) is 14.6 Å². The fourth-order valence-corrected chi connectivity index (χ4v) is 2.48. The molecule has 122 valence electrons. The average Bonchev–Trinajstić information content (AvgIpc) is 3.23. The number of nitrogens with one attached hydrogen (secondary N) is 1. The summed E-state index contributed by atoms with van der Waals surface area (Å²) in [5.74, 6) is 0.833. The maximum Gasteiger partial charge on any atom is 0.138 e. The molecule has 1 N–H and O–H groups in total. The Morgan fingerprint density at radius 1 is 0.920 bits per heavy atom. The van der Waals surface area contributed by atoms with Crippen molar-refractivity contribution in [3.05, 3.63) is 85.2 Å². The van der Waals surface area contributed by atoms with Crippen LogP contribution in [0.5, 0.6) is 0 Å². The van der Waals surface area contributed by atoms with Crippen LogP contribution in [0.2, 0.25) is 0 Å². The van der Waals surface area contributed by atoms with Crippen molar-refractivity contribution in [3.63, 3.8) is 0 Å². The standard InChI is InChI=1S/C19H16N6/c1-2-10-21-18(3-1)16-6-9-19(23-12-16)22-11-15-4-7-17(8-5-15)25-14-20-13-24-25/h1-10,12-14H,11H2,(H,22,23). The molecule has 0 spiro atoms. The predicted octanol–water partition coefficient (Wildman–Crippen LogP) is 3.34. The minimum atomic E-state index is 0.702. The summed E-state index contributed by atoms with van der Waals surface area (Å²) in [7, 11) is 0. The Morgan fingerprint density at radius 3 is 2.52 bits per heavy atom. The lowest BCUT2D eigenvalue weighted by Crippen LogP contribution is -2.02. The van der Waals surface area contributed by atoms with E-state index in [1.165, 1.54) is 11.9 Å². The molecule has 0 radical (unpaired) electrons. The normalized spacial score (nSPS) is 10.6. The van der Waals surface area contributed by atoms with Gasteiger partial charge in [0.2, 0.25) is 0 Å². The summed E-state index contributed by atoms with van der Waals surface area (Å²) < 4.78 is 1.73. The molecule has 0 fully saturated rings. The van der Waals surface area contributed by atoms with E-state index in [1.807, 2.05) is 48.7 Å². The minimum absolute atomic E-state index is 0.702. The van der Waals surface area contributed by atoms with Gasteiger partial charge in [0.05, 0.1) is 11.4 Å². The zero-order valence-electron chi connectivity index (χ0n) is 13.4. The van der Waals surface area contributed by atoms with Crippen LogP contribution in [-0.2, 0) is 6.54 Å². The van der Waals surface area contributed by atoms with Gasteiger partial charge in [0.25, 0.3) is 0 Å². The van der Waals surface area contributed by atoms with Crippen LogP contribution < -0.4 is 5.32 Å². The van der Waals surface area contributed by atoms with Gasteiger partial charge in [-0.05, 0) is 42.0 Å². The Kier molecular flexibility index (Phi) is 4.16. The van der Waals surface area contributed by atoms with Crippen molar-refractivity contribution in [2.24, 2.45) is 0 Å². The molecule has 0 unspecified atom stereocenters. The molecular weight excluding hydrogens is 312 g/mol. The van der Waals surface area contributed by atoms with Crippen molar-refractivity contribution < 1.29 is 0 Å². The quantitative estimate of drug-likeness (QED) is 0.608. The molecule has 3 heterocycles. The zero-order chi connectivity index (χ0) is 16.9. The van der Waals surface area contributed by atoms with Crippen LogP contribution in [0.1, 0.15) is 5.56 Å². The van der Waals surface area contributed by atoms with Crippen LogP contribution in [0.4, 0.5) is 5.82 Å². The second-order valence-corrected chi connectivity index (χ2v) is 5.51. The van der Waals surface area contributed by atoms with E-state index in [0.717, 1.165) is 22.8 Å². The first kappa shape index (κ1) is 15.0. The molecule has 6 heteroatoms. The van der Waals surface area contributed by atoms with Crippen molar-refractivity contribution in [3.8, 4) is 16.9 Å². The van der Waals surface area contributed by atoms with Gasteiger partial charge in [-0.3, -0.25) is 4.98 Å². The average molecular weight is 328 g/mol. The summed E-state index contributed by atoms with van der Waals surface area (Å²) in [5.41, 5.74) is 4.08. The van der Waals surface area contributed by atoms with Crippen LogP contribution in [0.25, 0.3) is 16.9 Å². The van der Waals surface area contributed by atoms with E-state index in [1.54, 1.807) is 17.2 Å². The van der Waals surface area contributed by atoms with E-state index < -0.39 is 0 Å². The molecule has 4 rings (SSSR count). The third kappa shape index (κ3) is 3.53. The largest absolute Gasteiger partial charge is 0.366 e. The fourth-order valence-electron chi connectivity index (χ4n) is 2.48. The highest BCUT2D eigenvalue weighted by atomic mass is 15.3. The fraction of sp³-hybridized carbons (Fsp3) is 0.0526. The highest BCUT2D eigenvalue weighted by Crippen LogP contribution is 2.17. The molecule has 0 saturated heterocycles. The van der Waals surface area contributed by atoms with Gasteiger partial charge in [0.1, 0.15) is 18.5 Å². The van der Waals surface area contributed by atoms with Crippen molar-refractivity contribution in [1.82, 2.24) is 24.7 Å². The van der Waals surface area contributed by atoms with Crippen molar-refractivity contribution >= 4 is 5.82 Å². The number of aromatic nitrogens is 5. The predicted molar refractivity (Wildman–Crippen MR) is 96.2 cm³/mol. The molecule has 3 aromatic heterocycles. The Hall–Kier alpha value is -3.54. The number of hydrogen-bond donors (Lipinski definition) is 1. The number of rotatable bonds is 5. The summed E-state index contributed by atoms with van der Waals surface area (Å²) in [4.78, 5) is 12.7. The lowest BCUT2D eigenvalue weighted by atomic mass is 10.2. The Balaban J connectivity index is 1.40. The Bertz CT molecular complexity index is 916. The Labute approximate surface area is 145 Å². The maximum absolute atomic E-state index is 4.45. The molecule has 25 heavy (non-hydrogen) atoms. The first-order valence-corrected chi connectivity index (χ1v) is 7.94. The van der Waals surface area contributed by atoms with E-state index in [-0.39, 0.29) is 0 Å². The molecule has 0 atom stereocenters. The minimum Gasteiger partial charge on any atom is -0.366 e. The highest BCUT2D eigenvalue weighted by molar-refractivity contribution is 5.59. The number of anilines is 1. The summed E-state index contributed by atoms with van der Waals surface area (Å²) >= 11 is 0. The van der Waals surface area contributed by atoms with Gasteiger partial charge in [-0.15, -0.1) is 0 Å². The van der Waals surface area contributed by atoms with E-state index in [4.69, 9.17) is 0 Å². The molecular formula is C19H16N6. The van der Waals surface area contributed by atoms with Gasteiger partial charge in [0, 0.05) is 24.5 Å². The lowest BCUT2D eigenvalue weighted by Gasteiger charge is -2.08. The zero-order valence-corrected chi connectivity index (χ0v) is 13.4. The highest BCUT2D eigenvalue weighted by Gasteiger charge is 2.01. The topological polar surface area (TPSA) is 68.5 Å². The van der Waals surface area contributed by atoms with Crippen molar-refractivity contribution in [1.29, 1.82) is 0 Å². The molecule has 0 saturated carbocycles. The second-order valence-electron chi connectivity index (χ2n) is 5.51. The smallest absolute Gasteiger partial charge is 0.138 e. The summed E-state index contributed by atoms with van der Waals surface area (Å²) in [6, 6.07) is 18.0. The van der Waals surface area contributed by atoms with E-state index >= 15 is 0 Å². The lowest BCUT2D eigenvalue weighted by molar-refractivity contribution is 0.877.